The molecule has 11 heteroatoms. The summed E-state index contributed by atoms with van der Waals surface area (Å²) in [6, 6.07) is 4.15. The van der Waals surface area contributed by atoms with Gasteiger partial charge >= 0.3 is 6.18 Å². The summed E-state index contributed by atoms with van der Waals surface area (Å²) in [6.07, 6.45) is -3.25. The fourth-order valence-corrected chi connectivity index (χ4v) is 4.15. The van der Waals surface area contributed by atoms with Gasteiger partial charge in [-0.05, 0) is 30.5 Å². The summed E-state index contributed by atoms with van der Waals surface area (Å²) in [4.78, 5) is 12.6. The van der Waals surface area contributed by atoms with Crippen molar-refractivity contribution in [2.45, 2.75) is 43.6 Å². The van der Waals surface area contributed by atoms with Crippen LogP contribution >= 0.6 is 11.6 Å². The van der Waals surface area contributed by atoms with Gasteiger partial charge in [-0.25, -0.2) is 4.68 Å². The van der Waals surface area contributed by atoms with Gasteiger partial charge in [-0.1, -0.05) is 23.7 Å². The monoisotopic (exact) mass is 458 g/mol. The van der Waals surface area contributed by atoms with Crippen molar-refractivity contribution >= 4 is 23.3 Å². The first-order chi connectivity index (χ1) is 14.8. The van der Waals surface area contributed by atoms with Crippen molar-refractivity contribution < 1.29 is 27.4 Å². The number of anilines is 1. The van der Waals surface area contributed by atoms with Gasteiger partial charge in [-0.2, -0.15) is 18.3 Å². The second-order valence-electron chi connectivity index (χ2n) is 7.56. The van der Waals surface area contributed by atoms with Crippen molar-refractivity contribution in [1.82, 2.24) is 15.1 Å². The van der Waals surface area contributed by atoms with Crippen LogP contribution in [0.2, 0.25) is 5.02 Å². The highest BCUT2D eigenvalue weighted by atomic mass is 35.5. The molecule has 0 radical (unpaired) electrons. The predicted octanol–water partition coefficient (Wildman–Crippen LogP) is 4.11. The zero-order chi connectivity index (χ0) is 22.2. The molecular weight excluding hydrogens is 437 g/mol. The summed E-state index contributed by atoms with van der Waals surface area (Å²) in [5.41, 5.74) is 0.398. The minimum Gasteiger partial charge on any atom is -0.497 e. The lowest BCUT2D eigenvalue weighted by Crippen LogP contribution is -2.36. The Morgan fingerprint density at radius 1 is 1.39 bits per heavy atom. The standard InChI is InChI=1S/C20H22ClF3N4O3/c1-30-12-6-4-11(5-7-12)14-9-15(20(22,23)24)28-18(26-14)16(21)17(27-28)19(29)25-10-13-3-2-8-31-13/h4-7,13-15,26H,2-3,8-10H2,1H3,(H,25,29)/t13-,14+,15+/m0/s1. The van der Waals surface area contributed by atoms with Crippen molar-refractivity contribution in [2.75, 3.05) is 25.6 Å². The number of hydrogen-bond donors (Lipinski definition) is 2. The maximum Gasteiger partial charge on any atom is 0.410 e. The Bertz CT molecular complexity index is 942. The number of fused-ring (bicyclic) bond motifs is 1. The highest BCUT2D eigenvalue weighted by molar-refractivity contribution is 6.36. The van der Waals surface area contributed by atoms with Crippen molar-refractivity contribution in [3.63, 3.8) is 0 Å². The van der Waals surface area contributed by atoms with Gasteiger partial charge < -0.3 is 20.1 Å². The number of carbonyl (C=O) groups excluding carboxylic acids is 1. The Hall–Kier alpha value is -2.46. The molecule has 2 aliphatic rings. The fourth-order valence-electron chi connectivity index (χ4n) is 3.89. The van der Waals surface area contributed by atoms with Gasteiger partial charge in [0.05, 0.1) is 19.3 Å². The zero-order valence-electron chi connectivity index (χ0n) is 16.7. The van der Waals surface area contributed by atoms with Crippen LogP contribution in [0, 0.1) is 0 Å². The average molecular weight is 459 g/mol. The Morgan fingerprint density at radius 3 is 2.74 bits per heavy atom. The molecule has 31 heavy (non-hydrogen) atoms. The number of methoxy groups -OCH3 is 1. The third kappa shape index (κ3) is 4.45. The Kier molecular flexibility index (Phi) is 6.02. The lowest BCUT2D eigenvalue weighted by Gasteiger charge is -2.33. The van der Waals surface area contributed by atoms with Gasteiger partial charge in [-0.3, -0.25) is 4.79 Å². The molecule has 1 aromatic heterocycles. The smallest absolute Gasteiger partial charge is 0.410 e. The van der Waals surface area contributed by atoms with Gasteiger partial charge in [-0.15, -0.1) is 0 Å². The van der Waals surface area contributed by atoms with Crippen molar-refractivity contribution in [1.29, 1.82) is 0 Å². The summed E-state index contributed by atoms with van der Waals surface area (Å²) in [6.45, 7) is 0.881. The first kappa shape index (κ1) is 21.8. The molecule has 1 saturated heterocycles. The van der Waals surface area contributed by atoms with Crippen molar-refractivity contribution in [2.24, 2.45) is 0 Å². The molecule has 0 aliphatic carbocycles. The van der Waals surface area contributed by atoms with E-state index in [0.717, 1.165) is 17.5 Å². The molecule has 4 rings (SSSR count). The molecule has 3 atom stereocenters. The van der Waals surface area contributed by atoms with Crippen LogP contribution in [0.25, 0.3) is 0 Å². The van der Waals surface area contributed by atoms with E-state index in [1.807, 2.05) is 0 Å². The minimum absolute atomic E-state index is 0.0293. The summed E-state index contributed by atoms with van der Waals surface area (Å²) in [5.74, 6) is -0.0651. The number of nitrogens with one attached hydrogen (secondary N) is 2. The zero-order valence-corrected chi connectivity index (χ0v) is 17.5. The molecule has 0 saturated carbocycles. The number of carbonyl (C=O) groups is 1. The number of amides is 1. The largest absolute Gasteiger partial charge is 0.497 e. The maximum atomic E-state index is 13.9. The maximum absolute atomic E-state index is 13.9. The van der Waals surface area contributed by atoms with E-state index >= 15 is 0 Å². The molecule has 2 aromatic rings. The first-order valence-corrected chi connectivity index (χ1v) is 10.3. The van der Waals surface area contributed by atoms with E-state index in [4.69, 9.17) is 21.1 Å². The number of halogens is 4. The Labute approximate surface area is 181 Å². The number of aromatic nitrogens is 2. The highest BCUT2D eigenvalue weighted by Gasteiger charge is 2.47. The van der Waals surface area contributed by atoms with Gasteiger partial charge in [0.25, 0.3) is 5.91 Å². The molecule has 0 spiro atoms. The van der Waals surface area contributed by atoms with E-state index < -0.39 is 24.2 Å². The SMILES string of the molecule is COc1ccc([C@H]2C[C@H](C(F)(F)F)n3nc(C(=O)NC[C@@H]4CCCO4)c(Cl)c3N2)cc1. The van der Waals surface area contributed by atoms with Crippen LogP contribution < -0.4 is 15.4 Å². The summed E-state index contributed by atoms with van der Waals surface area (Å²) < 4.78 is 52.9. The quantitative estimate of drug-likeness (QED) is 0.705. The van der Waals surface area contributed by atoms with Crippen LogP contribution in [0.4, 0.5) is 19.0 Å². The minimum atomic E-state index is -4.57. The lowest BCUT2D eigenvalue weighted by molar-refractivity contribution is -0.173. The molecule has 3 heterocycles. The average Bonchev–Trinajstić information content (AvgIpc) is 3.39. The van der Waals surface area contributed by atoms with E-state index in [0.29, 0.717) is 17.9 Å². The third-order valence-corrected chi connectivity index (χ3v) is 5.90. The third-order valence-electron chi connectivity index (χ3n) is 5.54. The van der Waals surface area contributed by atoms with Gasteiger partial charge in [0.1, 0.15) is 16.6 Å². The molecule has 168 valence electrons. The molecular formula is C20H22ClF3N4O3. The van der Waals surface area contributed by atoms with Crippen LogP contribution in [0.5, 0.6) is 5.75 Å². The summed E-state index contributed by atoms with van der Waals surface area (Å²) in [7, 11) is 1.51. The topological polar surface area (TPSA) is 77.4 Å². The van der Waals surface area contributed by atoms with Gasteiger partial charge in [0, 0.05) is 19.6 Å². The molecule has 0 bridgehead atoms. The predicted molar refractivity (Wildman–Crippen MR) is 108 cm³/mol. The molecule has 1 amide bonds. The molecule has 0 unspecified atom stereocenters. The van der Waals surface area contributed by atoms with Crippen LogP contribution in [-0.2, 0) is 4.74 Å². The first-order valence-electron chi connectivity index (χ1n) is 9.93. The van der Waals surface area contributed by atoms with E-state index in [2.05, 4.69) is 15.7 Å². The molecule has 2 aliphatic heterocycles. The summed E-state index contributed by atoms with van der Waals surface area (Å²) >= 11 is 6.32. The van der Waals surface area contributed by atoms with E-state index in [1.165, 1.54) is 7.11 Å². The fraction of sp³-hybridized carbons (Fsp3) is 0.500. The number of alkyl halides is 3. The molecule has 7 nitrogen and oxygen atoms in total. The van der Waals surface area contributed by atoms with Crippen molar-refractivity contribution in [3.8, 4) is 5.75 Å². The Balaban J connectivity index is 1.61. The molecule has 2 N–H and O–H groups in total. The van der Waals surface area contributed by atoms with Crippen LogP contribution in [0.1, 0.15) is 47.4 Å². The van der Waals surface area contributed by atoms with E-state index in [9.17, 15) is 18.0 Å². The second kappa shape index (κ2) is 8.58. The number of rotatable bonds is 5. The van der Waals surface area contributed by atoms with Crippen LogP contribution in [-0.4, -0.2) is 48.2 Å². The van der Waals surface area contributed by atoms with Crippen LogP contribution in [0.3, 0.4) is 0 Å². The normalized spacial score (nSPS) is 23.2. The van der Waals surface area contributed by atoms with Gasteiger partial charge in [0.2, 0.25) is 0 Å². The molecule has 1 fully saturated rings. The number of benzene rings is 1. The Morgan fingerprint density at radius 2 is 2.13 bits per heavy atom. The highest BCUT2D eigenvalue weighted by Crippen LogP contribution is 2.46. The molecule has 1 aromatic carbocycles. The lowest BCUT2D eigenvalue weighted by atomic mass is 9.97. The van der Waals surface area contributed by atoms with Gasteiger partial charge in [0.15, 0.2) is 11.7 Å². The van der Waals surface area contributed by atoms with E-state index in [-0.39, 0.29) is 35.6 Å². The second-order valence-corrected chi connectivity index (χ2v) is 7.94. The number of nitrogens with zero attached hydrogens (tertiary/aromatic N) is 2. The summed E-state index contributed by atoms with van der Waals surface area (Å²) in [5, 5.41) is 9.46. The van der Waals surface area contributed by atoms with Crippen LogP contribution in [0.15, 0.2) is 24.3 Å². The number of ether oxygens (including phenoxy) is 2. The van der Waals surface area contributed by atoms with E-state index in [1.54, 1.807) is 24.3 Å². The number of hydrogen-bond acceptors (Lipinski definition) is 5. The van der Waals surface area contributed by atoms with Crippen molar-refractivity contribution in [3.05, 3.63) is 40.5 Å².